The molecular weight excluding hydrogens is 434 g/mol. The molecule has 2 aromatic carbocycles. The number of aromatic nitrogens is 4. The molecule has 168 valence electrons. The molecule has 0 atom stereocenters. The van der Waals surface area contributed by atoms with Gasteiger partial charge in [-0.2, -0.15) is 0 Å². The van der Waals surface area contributed by atoms with Crippen molar-refractivity contribution in [1.82, 2.24) is 25.1 Å². The van der Waals surface area contributed by atoms with Crippen LogP contribution in [0.4, 0.5) is 0 Å². The predicted octanol–water partition coefficient (Wildman–Crippen LogP) is 4.06. The van der Waals surface area contributed by atoms with E-state index < -0.39 is 0 Å². The number of amides is 1. The van der Waals surface area contributed by atoms with E-state index in [0.717, 1.165) is 28.5 Å². The van der Waals surface area contributed by atoms with E-state index in [2.05, 4.69) is 32.6 Å². The van der Waals surface area contributed by atoms with Crippen LogP contribution in [0.5, 0.6) is 5.75 Å². The maximum atomic E-state index is 12.4. The Hall–Kier alpha value is -3.65. The highest BCUT2D eigenvalue weighted by Gasteiger charge is 2.16. The average molecular weight is 460 g/mol. The Kier molecular flexibility index (Phi) is 7.71. The summed E-state index contributed by atoms with van der Waals surface area (Å²) in [5, 5.41) is 12.4. The number of benzene rings is 2. The number of nitrogens with zero attached hydrogens (tertiary/aromatic N) is 4. The van der Waals surface area contributed by atoms with E-state index in [-0.39, 0.29) is 11.7 Å². The van der Waals surface area contributed by atoms with Crippen LogP contribution in [0.15, 0.2) is 84.1 Å². The molecule has 2 heterocycles. The van der Waals surface area contributed by atoms with Gasteiger partial charge >= 0.3 is 0 Å². The van der Waals surface area contributed by atoms with Gasteiger partial charge in [-0.25, -0.2) is 0 Å². The first-order chi connectivity index (χ1) is 16.2. The van der Waals surface area contributed by atoms with Crippen LogP contribution in [0.1, 0.15) is 24.0 Å². The van der Waals surface area contributed by atoms with Crippen molar-refractivity contribution in [3.63, 3.8) is 0 Å². The van der Waals surface area contributed by atoms with Crippen molar-refractivity contribution in [2.45, 2.75) is 25.0 Å². The van der Waals surface area contributed by atoms with E-state index >= 15 is 0 Å². The lowest BCUT2D eigenvalue weighted by molar-refractivity contribution is -0.118. The summed E-state index contributed by atoms with van der Waals surface area (Å²) in [6, 6.07) is 23.6. The summed E-state index contributed by atoms with van der Waals surface area (Å²) in [5.74, 6) is 1.76. The fourth-order valence-corrected chi connectivity index (χ4v) is 4.08. The molecule has 0 radical (unpaired) electrons. The number of hydrogen-bond donors (Lipinski definition) is 1. The molecule has 2 aromatic heterocycles. The van der Waals surface area contributed by atoms with Gasteiger partial charge in [-0.05, 0) is 48.9 Å². The van der Waals surface area contributed by atoms with E-state index in [1.807, 2.05) is 72.2 Å². The summed E-state index contributed by atoms with van der Waals surface area (Å²) in [6.45, 7) is 2.96. The van der Waals surface area contributed by atoms with Crippen LogP contribution >= 0.6 is 11.8 Å². The molecule has 1 amide bonds. The lowest BCUT2D eigenvalue weighted by Crippen LogP contribution is -2.25. The van der Waals surface area contributed by atoms with Crippen molar-refractivity contribution in [2.24, 2.45) is 0 Å². The molecule has 0 bridgehead atoms. The van der Waals surface area contributed by atoms with Gasteiger partial charge in [-0.15, -0.1) is 10.2 Å². The molecule has 0 spiro atoms. The first-order valence-corrected chi connectivity index (χ1v) is 11.7. The number of rotatable bonds is 10. The lowest BCUT2D eigenvalue weighted by Gasteiger charge is -2.11. The zero-order valence-electron chi connectivity index (χ0n) is 18.3. The summed E-state index contributed by atoms with van der Waals surface area (Å²) in [6.07, 6.45) is 2.34. The molecular formula is C25H25N5O2S. The fraction of sp³-hybridized carbons (Fsp3) is 0.200. The third-order valence-electron chi connectivity index (χ3n) is 4.84. The Morgan fingerprint density at radius 2 is 1.79 bits per heavy atom. The van der Waals surface area contributed by atoms with E-state index in [0.29, 0.717) is 24.7 Å². The van der Waals surface area contributed by atoms with Crippen LogP contribution in [0.3, 0.4) is 0 Å². The summed E-state index contributed by atoms with van der Waals surface area (Å²) in [5.41, 5.74) is 2.88. The van der Waals surface area contributed by atoms with Crippen LogP contribution in [-0.4, -0.2) is 38.0 Å². The van der Waals surface area contributed by atoms with Gasteiger partial charge in [-0.1, -0.05) is 48.2 Å². The molecule has 0 saturated carbocycles. The molecule has 4 rings (SSSR count). The van der Waals surface area contributed by atoms with Gasteiger partial charge in [0.25, 0.3) is 0 Å². The predicted molar refractivity (Wildman–Crippen MR) is 129 cm³/mol. The maximum absolute atomic E-state index is 12.4. The van der Waals surface area contributed by atoms with Gasteiger partial charge in [0.15, 0.2) is 5.16 Å². The Morgan fingerprint density at radius 1 is 1.00 bits per heavy atom. The molecule has 0 unspecified atom stereocenters. The normalized spacial score (nSPS) is 10.7. The standard InChI is InChI=1S/C25H25N5O2S/c1-2-32-22-13-11-21(12-14-22)30-23(16-19-8-4-3-5-9-19)28-29-25(30)33-18-24(31)27-17-20-10-6-7-15-26-20/h3-15H,2,16-18H2,1H3,(H,27,31). The van der Waals surface area contributed by atoms with Crippen LogP contribution < -0.4 is 10.1 Å². The topological polar surface area (TPSA) is 81.9 Å². The Balaban J connectivity index is 1.50. The monoisotopic (exact) mass is 459 g/mol. The fourth-order valence-electron chi connectivity index (χ4n) is 3.28. The molecule has 7 nitrogen and oxygen atoms in total. The smallest absolute Gasteiger partial charge is 0.230 e. The zero-order chi connectivity index (χ0) is 22.9. The quantitative estimate of drug-likeness (QED) is 0.360. The Morgan fingerprint density at radius 3 is 2.52 bits per heavy atom. The first-order valence-electron chi connectivity index (χ1n) is 10.7. The molecule has 8 heteroatoms. The summed E-state index contributed by atoms with van der Waals surface area (Å²) in [7, 11) is 0. The van der Waals surface area contributed by atoms with Gasteiger partial charge in [-0.3, -0.25) is 14.3 Å². The van der Waals surface area contributed by atoms with Gasteiger partial charge < -0.3 is 10.1 Å². The van der Waals surface area contributed by atoms with Crippen LogP contribution in [0.25, 0.3) is 5.69 Å². The highest BCUT2D eigenvalue weighted by atomic mass is 32.2. The Bertz CT molecular complexity index is 1160. The maximum Gasteiger partial charge on any atom is 0.230 e. The third kappa shape index (κ3) is 6.20. The SMILES string of the molecule is CCOc1ccc(-n2c(Cc3ccccc3)nnc2SCC(=O)NCc2ccccn2)cc1. The number of carbonyl (C=O) groups is 1. The number of carbonyl (C=O) groups excluding carboxylic acids is 1. The van der Waals surface area contributed by atoms with Crippen molar-refractivity contribution in [3.8, 4) is 11.4 Å². The van der Waals surface area contributed by atoms with Crippen molar-refractivity contribution >= 4 is 17.7 Å². The molecule has 0 saturated heterocycles. The first kappa shape index (κ1) is 22.5. The molecule has 0 aliphatic rings. The van der Waals surface area contributed by atoms with Crippen molar-refractivity contribution in [2.75, 3.05) is 12.4 Å². The molecule has 0 aliphatic carbocycles. The second-order valence-corrected chi connectivity index (χ2v) is 8.15. The van der Waals surface area contributed by atoms with Crippen LogP contribution in [0.2, 0.25) is 0 Å². The number of nitrogens with one attached hydrogen (secondary N) is 1. The number of ether oxygens (including phenoxy) is 1. The zero-order valence-corrected chi connectivity index (χ0v) is 19.2. The van der Waals surface area contributed by atoms with Crippen molar-refractivity contribution in [3.05, 3.63) is 96.1 Å². The van der Waals surface area contributed by atoms with Crippen molar-refractivity contribution in [1.29, 1.82) is 0 Å². The van der Waals surface area contributed by atoms with Gasteiger partial charge in [0.1, 0.15) is 11.6 Å². The van der Waals surface area contributed by atoms with E-state index in [9.17, 15) is 4.79 Å². The van der Waals surface area contributed by atoms with E-state index in [1.165, 1.54) is 11.8 Å². The largest absolute Gasteiger partial charge is 0.494 e. The highest BCUT2D eigenvalue weighted by Crippen LogP contribution is 2.25. The van der Waals surface area contributed by atoms with Crippen LogP contribution in [0, 0.1) is 0 Å². The highest BCUT2D eigenvalue weighted by molar-refractivity contribution is 7.99. The minimum absolute atomic E-state index is 0.0866. The summed E-state index contributed by atoms with van der Waals surface area (Å²) in [4.78, 5) is 16.6. The van der Waals surface area contributed by atoms with Gasteiger partial charge in [0.2, 0.25) is 5.91 Å². The lowest BCUT2D eigenvalue weighted by atomic mass is 10.1. The molecule has 0 fully saturated rings. The Labute approximate surface area is 197 Å². The number of pyridine rings is 1. The van der Waals surface area contributed by atoms with E-state index in [4.69, 9.17) is 4.74 Å². The van der Waals surface area contributed by atoms with Gasteiger partial charge in [0.05, 0.1) is 24.6 Å². The minimum atomic E-state index is -0.0866. The molecule has 33 heavy (non-hydrogen) atoms. The van der Waals surface area contributed by atoms with Gasteiger partial charge in [0, 0.05) is 18.3 Å². The molecule has 0 aliphatic heterocycles. The second-order valence-electron chi connectivity index (χ2n) is 7.21. The summed E-state index contributed by atoms with van der Waals surface area (Å²) >= 11 is 1.36. The second kappa shape index (κ2) is 11.3. The molecule has 1 N–H and O–H groups in total. The number of thioether (sulfide) groups is 1. The minimum Gasteiger partial charge on any atom is -0.494 e. The number of hydrogen-bond acceptors (Lipinski definition) is 6. The average Bonchev–Trinajstić information content (AvgIpc) is 3.25. The third-order valence-corrected chi connectivity index (χ3v) is 5.77. The van der Waals surface area contributed by atoms with Crippen molar-refractivity contribution < 1.29 is 9.53 Å². The van der Waals surface area contributed by atoms with Crippen LogP contribution in [-0.2, 0) is 17.8 Å². The summed E-state index contributed by atoms with van der Waals surface area (Å²) < 4.78 is 7.57. The van der Waals surface area contributed by atoms with E-state index in [1.54, 1.807) is 6.20 Å². The molecule has 4 aromatic rings.